The van der Waals surface area contributed by atoms with Crippen molar-refractivity contribution in [1.82, 2.24) is 4.72 Å². The molecule has 2 aromatic rings. The van der Waals surface area contributed by atoms with Crippen LogP contribution in [-0.2, 0) is 10.0 Å². The maximum Gasteiger partial charge on any atom is 0.244 e. The highest BCUT2D eigenvalue weighted by Crippen LogP contribution is 2.28. The number of rotatable bonds is 4. The van der Waals surface area contributed by atoms with Crippen LogP contribution in [0.15, 0.2) is 33.6 Å². The lowest BCUT2D eigenvalue weighted by molar-refractivity contribution is 0.546. The van der Waals surface area contributed by atoms with Crippen LogP contribution in [0.4, 0.5) is 4.39 Å². The molecule has 0 aliphatic heterocycles. The molecule has 0 aliphatic carbocycles. The molecule has 0 amide bonds. The first kappa shape index (κ1) is 16.6. The van der Waals surface area contributed by atoms with Gasteiger partial charge in [-0.3, -0.25) is 0 Å². The quantitative estimate of drug-likeness (QED) is 0.843. The molecule has 2 rings (SSSR count). The van der Waals surface area contributed by atoms with Crippen LogP contribution in [0.3, 0.4) is 0 Å². The van der Waals surface area contributed by atoms with Crippen molar-refractivity contribution in [2.75, 3.05) is 0 Å². The van der Waals surface area contributed by atoms with Crippen molar-refractivity contribution in [3.63, 3.8) is 0 Å². The Bertz CT molecular complexity index is 771. The van der Waals surface area contributed by atoms with Crippen molar-refractivity contribution >= 4 is 37.3 Å². The molecule has 21 heavy (non-hydrogen) atoms. The summed E-state index contributed by atoms with van der Waals surface area (Å²) >= 11 is 4.72. The zero-order valence-electron chi connectivity index (χ0n) is 11.8. The first-order valence-corrected chi connectivity index (χ1v) is 9.34. The van der Waals surface area contributed by atoms with Crippen molar-refractivity contribution in [1.29, 1.82) is 0 Å². The van der Waals surface area contributed by atoms with E-state index in [0.29, 0.717) is 4.47 Å². The zero-order chi connectivity index (χ0) is 15.8. The Labute approximate surface area is 136 Å². The van der Waals surface area contributed by atoms with Crippen LogP contribution in [0.25, 0.3) is 0 Å². The highest BCUT2D eigenvalue weighted by molar-refractivity contribution is 9.10. The number of hydrogen-bond acceptors (Lipinski definition) is 3. The van der Waals surface area contributed by atoms with Crippen LogP contribution in [0, 0.1) is 19.7 Å². The van der Waals surface area contributed by atoms with Gasteiger partial charge in [0.25, 0.3) is 0 Å². The summed E-state index contributed by atoms with van der Waals surface area (Å²) in [6.45, 7) is 5.66. The van der Waals surface area contributed by atoms with Crippen molar-refractivity contribution in [3.05, 3.63) is 49.9 Å². The van der Waals surface area contributed by atoms with E-state index in [0.717, 1.165) is 21.4 Å². The van der Waals surface area contributed by atoms with Gasteiger partial charge in [-0.15, -0.1) is 11.3 Å². The van der Waals surface area contributed by atoms with Crippen molar-refractivity contribution < 1.29 is 12.8 Å². The van der Waals surface area contributed by atoms with E-state index in [9.17, 15) is 12.8 Å². The second kappa shape index (κ2) is 6.16. The van der Waals surface area contributed by atoms with Crippen LogP contribution >= 0.6 is 27.3 Å². The Morgan fingerprint density at radius 3 is 2.48 bits per heavy atom. The minimum absolute atomic E-state index is 0.345. The van der Waals surface area contributed by atoms with E-state index >= 15 is 0 Å². The molecular weight excluding hydrogens is 377 g/mol. The molecule has 1 heterocycles. The molecule has 0 spiro atoms. The van der Waals surface area contributed by atoms with Gasteiger partial charge in [0.2, 0.25) is 10.0 Å². The third kappa shape index (κ3) is 3.71. The van der Waals surface area contributed by atoms with E-state index in [1.165, 1.54) is 12.1 Å². The maximum atomic E-state index is 13.8. The number of aryl methyl sites for hydroxylation is 2. The largest absolute Gasteiger partial charge is 0.244 e. The molecule has 7 heteroatoms. The molecule has 3 nitrogen and oxygen atoms in total. The van der Waals surface area contributed by atoms with Gasteiger partial charge in [-0.05, 0) is 50.6 Å². The first-order valence-electron chi connectivity index (χ1n) is 6.25. The Balaban J connectivity index is 2.31. The van der Waals surface area contributed by atoms with E-state index in [1.54, 1.807) is 18.3 Å². The van der Waals surface area contributed by atoms with Gasteiger partial charge in [0.1, 0.15) is 10.7 Å². The molecule has 1 unspecified atom stereocenters. The van der Waals surface area contributed by atoms with Crippen LogP contribution in [-0.4, -0.2) is 8.42 Å². The second-order valence-corrected chi connectivity index (χ2v) is 8.84. The van der Waals surface area contributed by atoms with Gasteiger partial charge in [0.05, 0.1) is 0 Å². The van der Waals surface area contributed by atoms with Gasteiger partial charge in [-0.25, -0.2) is 17.5 Å². The fraction of sp³-hybridized carbons (Fsp3) is 0.286. The van der Waals surface area contributed by atoms with Gasteiger partial charge in [-0.2, -0.15) is 0 Å². The van der Waals surface area contributed by atoms with Crippen LogP contribution < -0.4 is 4.72 Å². The molecule has 1 aromatic heterocycles. The molecule has 0 fully saturated rings. The minimum atomic E-state index is -3.90. The van der Waals surface area contributed by atoms with E-state index in [1.807, 2.05) is 19.9 Å². The highest BCUT2D eigenvalue weighted by atomic mass is 79.9. The average Bonchev–Trinajstić information content (AvgIpc) is 2.67. The number of hydrogen-bond donors (Lipinski definition) is 1. The van der Waals surface area contributed by atoms with Gasteiger partial charge in [-0.1, -0.05) is 15.9 Å². The Morgan fingerprint density at radius 2 is 1.95 bits per heavy atom. The van der Waals surface area contributed by atoms with E-state index < -0.39 is 21.9 Å². The summed E-state index contributed by atoms with van der Waals surface area (Å²) in [6, 6.07) is 5.43. The van der Waals surface area contributed by atoms with Gasteiger partial charge in [0.15, 0.2) is 0 Å². The molecule has 0 bridgehead atoms. The predicted molar refractivity (Wildman–Crippen MR) is 86.6 cm³/mol. The normalized spacial score (nSPS) is 13.4. The summed E-state index contributed by atoms with van der Waals surface area (Å²) in [5.74, 6) is -0.776. The topological polar surface area (TPSA) is 46.2 Å². The third-order valence-corrected chi connectivity index (χ3v) is 6.11. The minimum Gasteiger partial charge on any atom is -0.207 e. The van der Waals surface area contributed by atoms with Gasteiger partial charge in [0, 0.05) is 20.3 Å². The Morgan fingerprint density at radius 1 is 1.29 bits per heavy atom. The van der Waals surface area contributed by atoms with Crippen LogP contribution in [0.1, 0.15) is 28.3 Å². The number of halogens is 2. The second-order valence-electron chi connectivity index (χ2n) is 4.79. The first-order chi connectivity index (χ1) is 9.70. The molecule has 114 valence electrons. The van der Waals surface area contributed by atoms with E-state index in [4.69, 9.17) is 0 Å². The standard InChI is InChI=1S/C14H15BrFNO2S2/c1-8-6-12(10(3)20-8)9(2)17-21(18,19)14-5-4-11(15)7-13(14)16/h4-7,9,17H,1-3H3. The Hall–Kier alpha value is -0.760. The SMILES string of the molecule is Cc1cc(C(C)NS(=O)(=O)c2ccc(Br)cc2F)c(C)s1. The zero-order valence-corrected chi connectivity index (χ0v) is 15.0. The fourth-order valence-corrected chi connectivity index (χ4v) is 4.77. The molecule has 1 atom stereocenters. The van der Waals surface area contributed by atoms with E-state index in [-0.39, 0.29) is 4.90 Å². The molecule has 1 aromatic carbocycles. The van der Waals surface area contributed by atoms with Gasteiger partial charge >= 0.3 is 0 Å². The molecule has 1 N–H and O–H groups in total. The summed E-state index contributed by atoms with van der Waals surface area (Å²) in [7, 11) is -3.90. The smallest absolute Gasteiger partial charge is 0.207 e. The lowest BCUT2D eigenvalue weighted by Crippen LogP contribution is -2.27. The predicted octanol–water partition coefficient (Wildman–Crippen LogP) is 4.31. The van der Waals surface area contributed by atoms with Crippen molar-refractivity contribution in [3.8, 4) is 0 Å². The summed E-state index contributed by atoms with van der Waals surface area (Å²) in [5.41, 5.74) is 0.915. The lowest BCUT2D eigenvalue weighted by Gasteiger charge is -2.15. The monoisotopic (exact) mass is 391 g/mol. The van der Waals surface area contributed by atoms with Gasteiger partial charge < -0.3 is 0 Å². The third-order valence-electron chi connectivity index (χ3n) is 3.06. The maximum absolute atomic E-state index is 13.8. The summed E-state index contributed by atoms with van der Waals surface area (Å²) in [6.07, 6.45) is 0. The van der Waals surface area contributed by atoms with Crippen molar-refractivity contribution in [2.45, 2.75) is 31.7 Å². The molecular formula is C14H15BrFNO2S2. The summed E-state index contributed by atoms with van der Waals surface area (Å²) < 4.78 is 41.5. The number of sulfonamides is 1. The van der Waals surface area contributed by atoms with Crippen LogP contribution in [0.2, 0.25) is 0 Å². The summed E-state index contributed by atoms with van der Waals surface area (Å²) in [5, 5.41) is 0. The molecule has 0 saturated carbocycles. The lowest BCUT2D eigenvalue weighted by atomic mass is 10.1. The summed E-state index contributed by atoms with van der Waals surface area (Å²) in [4.78, 5) is 1.82. The average molecular weight is 392 g/mol. The molecule has 0 aliphatic rings. The molecule has 0 saturated heterocycles. The highest BCUT2D eigenvalue weighted by Gasteiger charge is 2.23. The Kier molecular flexibility index (Phi) is 4.87. The number of benzene rings is 1. The van der Waals surface area contributed by atoms with Crippen molar-refractivity contribution in [2.24, 2.45) is 0 Å². The number of nitrogens with one attached hydrogen (secondary N) is 1. The fourth-order valence-electron chi connectivity index (χ4n) is 2.13. The number of thiophene rings is 1. The molecule has 0 radical (unpaired) electrons. The van der Waals surface area contributed by atoms with E-state index in [2.05, 4.69) is 20.7 Å². The van der Waals surface area contributed by atoms with Crippen LogP contribution in [0.5, 0.6) is 0 Å².